The number of nitrogens with two attached hydrogens (primary N) is 3. The molecule has 0 aliphatic rings. The van der Waals surface area contributed by atoms with Gasteiger partial charge in [-0.25, -0.2) is 4.79 Å². The molecule has 3 atom stereocenters. The lowest BCUT2D eigenvalue weighted by Gasteiger charge is -2.22. The Labute approximate surface area is 145 Å². The van der Waals surface area contributed by atoms with E-state index in [1.165, 1.54) is 0 Å². The summed E-state index contributed by atoms with van der Waals surface area (Å²) in [6.07, 6.45) is 1.37. The minimum absolute atomic E-state index is 0.125. The summed E-state index contributed by atoms with van der Waals surface area (Å²) in [7, 11) is 0. The van der Waals surface area contributed by atoms with Gasteiger partial charge in [0, 0.05) is 6.42 Å². The van der Waals surface area contributed by atoms with Gasteiger partial charge in [0.1, 0.15) is 12.1 Å². The van der Waals surface area contributed by atoms with Crippen LogP contribution in [-0.2, 0) is 19.2 Å². The first-order valence-electron chi connectivity index (χ1n) is 7.91. The van der Waals surface area contributed by atoms with Crippen LogP contribution in [0.15, 0.2) is 0 Å². The van der Waals surface area contributed by atoms with Gasteiger partial charge < -0.3 is 38.0 Å². The summed E-state index contributed by atoms with van der Waals surface area (Å²) < 4.78 is 0. The van der Waals surface area contributed by atoms with Gasteiger partial charge in [-0.05, 0) is 25.8 Å². The Bertz CT molecular complexity index is 473. The van der Waals surface area contributed by atoms with Crippen LogP contribution >= 0.6 is 0 Å². The monoisotopic (exact) mass is 361 g/mol. The standard InChI is InChI=1S/C14H27N5O6/c15-6-2-1-3-8(16)12(22)18-9(4-5-11(17)21)13(23)19-10(7-20)14(24)25/h8-10,20H,1-7,15-16H2,(H2,17,21)(H,18,22)(H,19,23)(H,24,25). The van der Waals surface area contributed by atoms with Crippen molar-refractivity contribution < 1.29 is 29.4 Å². The van der Waals surface area contributed by atoms with E-state index < -0.39 is 48.4 Å². The van der Waals surface area contributed by atoms with Gasteiger partial charge >= 0.3 is 5.97 Å². The van der Waals surface area contributed by atoms with Crippen molar-refractivity contribution in [3.8, 4) is 0 Å². The zero-order valence-electron chi connectivity index (χ0n) is 13.9. The van der Waals surface area contributed by atoms with Crippen molar-refractivity contribution in [2.45, 2.75) is 50.2 Å². The van der Waals surface area contributed by atoms with Gasteiger partial charge in [0.25, 0.3) is 0 Å². The lowest BCUT2D eigenvalue weighted by Crippen LogP contribution is -2.55. The second kappa shape index (κ2) is 12.2. The van der Waals surface area contributed by atoms with Crippen molar-refractivity contribution in [1.82, 2.24) is 10.6 Å². The van der Waals surface area contributed by atoms with Crippen molar-refractivity contribution in [2.75, 3.05) is 13.2 Å². The molecule has 0 radical (unpaired) electrons. The average molecular weight is 361 g/mol. The predicted molar refractivity (Wildman–Crippen MR) is 87.9 cm³/mol. The molecule has 10 N–H and O–H groups in total. The van der Waals surface area contributed by atoms with Gasteiger partial charge in [0.2, 0.25) is 17.7 Å². The Morgan fingerprint density at radius 2 is 1.56 bits per heavy atom. The largest absolute Gasteiger partial charge is 0.480 e. The molecule has 25 heavy (non-hydrogen) atoms. The molecule has 0 aromatic rings. The number of hydrogen-bond acceptors (Lipinski definition) is 7. The van der Waals surface area contributed by atoms with E-state index in [0.29, 0.717) is 25.8 Å². The van der Waals surface area contributed by atoms with E-state index in [0.717, 1.165) is 0 Å². The fourth-order valence-electron chi connectivity index (χ4n) is 1.93. The van der Waals surface area contributed by atoms with E-state index in [4.69, 9.17) is 27.4 Å². The molecule has 0 heterocycles. The molecule has 0 aromatic carbocycles. The van der Waals surface area contributed by atoms with E-state index in [-0.39, 0.29) is 12.8 Å². The van der Waals surface area contributed by atoms with Crippen LogP contribution in [0.5, 0.6) is 0 Å². The van der Waals surface area contributed by atoms with Crippen LogP contribution in [-0.4, -0.2) is 65.2 Å². The number of hydrogen-bond donors (Lipinski definition) is 7. The van der Waals surface area contributed by atoms with Crippen LogP contribution in [0, 0.1) is 0 Å². The van der Waals surface area contributed by atoms with Gasteiger partial charge in [-0.2, -0.15) is 0 Å². The summed E-state index contributed by atoms with van der Waals surface area (Å²) in [5.74, 6) is -3.59. The molecule has 0 spiro atoms. The highest BCUT2D eigenvalue weighted by Crippen LogP contribution is 2.02. The van der Waals surface area contributed by atoms with Crippen molar-refractivity contribution in [2.24, 2.45) is 17.2 Å². The zero-order valence-corrected chi connectivity index (χ0v) is 13.9. The summed E-state index contributed by atoms with van der Waals surface area (Å²) in [6.45, 7) is -0.355. The smallest absolute Gasteiger partial charge is 0.328 e. The number of carbonyl (C=O) groups excluding carboxylic acids is 3. The Morgan fingerprint density at radius 1 is 0.960 bits per heavy atom. The molecule has 11 heteroatoms. The number of carboxylic acid groups (broad SMARTS) is 1. The zero-order chi connectivity index (χ0) is 19.4. The number of aliphatic hydroxyl groups excluding tert-OH is 1. The molecule has 11 nitrogen and oxygen atoms in total. The Hall–Kier alpha value is -2.24. The normalized spacial score (nSPS) is 14.2. The number of amides is 3. The molecule has 3 unspecified atom stereocenters. The summed E-state index contributed by atoms with van der Waals surface area (Å²) in [5, 5.41) is 22.2. The number of rotatable bonds is 13. The Balaban J connectivity index is 4.85. The maximum Gasteiger partial charge on any atom is 0.328 e. The number of carbonyl (C=O) groups is 4. The van der Waals surface area contributed by atoms with Gasteiger partial charge in [-0.15, -0.1) is 0 Å². The molecule has 0 bridgehead atoms. The molecule has 0 aliphatic carbocycles. The fraction of sp³-hybridized carbons (Fsp3) is 0.714. The Morgan fingerprint density at radius 3 is 2.04 bits per heavy atom. The molecule has 0 aliphatic heterocycles. The number of primary amides is 1. The van der Waals surface area contributed by atoms with Crippen LogP contribution in [0.3, 0.4) is 0 Å². The summed E-state index contributed by atoms with van der Waals surface area (Å²) in [6, 6.07) is -3.60. The first-order valence-corrected chi connectivity index (χ1v) is 7.91. The number of nitrogens with one attached hydrogen (secondary N) is 2. The predicted octanol–water partition coefficient (Wildman–Crippen LogP) is -3.25. The lowest BCUT2D eigenvalue weighted by atomic mass is 10.1. The third-order valence-corrected chi connectivity index (χ3v) is 3.42. The molecular weight excluding hydrogens is 334 g/mol. The van der Waals surface area contributed by atoms with E-state index in [2.05, 4.69) is 10.6 Å². The fourth-order valence-corrected chi connectivity index (χ4v) is 1.93. The highest BCUT2D eigenvalue weighted by atomic mass is 16.4. The molecule has 0 saturated carbocycles. The molecular formula is C14H27N5O6. The third kappa shape index (κ3) is 9.59. The number of aliphatic carboxylic acids is 1. The second-order valence-electron chi connectivity index (χ2n) is 5.54. The summed E-state index contributed by atoms with van der Waals surface area (Å²) >= 11 is 0. The molecule has 0 saturated heterocycles. The Kier molecular flexibility index (Phi) is 11.1. The quantitative estimate of drug-likeness (QED) is 0.165. The van der Waals surface area contributed by atoms with Gasteiger partial charge in [0.05, 0.1) is 12.6 Å². The van der Waals surface area contributed by atoms with Crippen LogP contribution in [0.25, 0.3) is 0 Å². The van der Waals surface area contributed by atoms with Crippen LogP contribution in [0.2, 0.25) is 0 Å². The van der Waals surface area contributed by atoms with Crippen LogP contribution in [0.4, 0.5) is 0 Å². The molecule has 3 amide bonds. The third-order valence-electron chi connectivity index (χ3n) is 3.42. The maximum atomic E-state index is 12.1. The minimum Gasteiger partial charge on any atom is -0.480 e. The van der Waals surface area contributed by atoms with Crippen molar-refractivity contribution >= 4 is 23.7 Å². The topological polar surface area (TPSA) is 211 Å². The van der Waals surface area contributed by atoms with Gasteiger partial charge in [-0.3, -0.25) is 14.4 Å². The van der Waals surface area contributed by atoms with E-state index in [1.54, 1.807) is 0 Å². The van der Waals surface area contributed by atoms with E-state index in [1.807, 2.05) is 0 Å². The second-order valence-corrected chi connectivity index (χ2v) is 5.54. The maximum absolute atomic E-state index is 12.1. The molecule has 0 aromatic heterocycles. The van der Waals surface area contributed by atoms with Gasteiger partial charge in [0.15, 0.2) is 0 Å². The van der Waals surface area contributed by atoms with E-state index in [9.17, 15) is 19.2 Å². The lowest BCUT2D eigenvalue weighted by molar-refractivity contribution is -0.143. The average Bonchev–Trinajstić information content (AvgIpc) is 2.55. The van der Waals surface area contributed by atoms with E-state index >= 15 is 0 Å². The summed E-state index contributed by atoms with van der Waals surface area (Å²) in [5.41, 5.74) is 16.1. The molecule has 144 valence electrons. The van der Waals surface area contributed by atoms with Crippen molar-refractivity contribution in [3.05, 3.63) is 0 Å². The molecule has 0 fully saturated rings. The van der Waals surface area contributed by atoms with Crippen molar-refractivity contribution in [1.29, 1.82) is 0 Å². The van der Waals surface area contributed by atoms with Crippen molar-refractivity contribution in [3.63, 3.8) is 0 Å². The number of aliphatic hydroxyl groups is 1. The SMILES string of the molecule is NCCCCC(N)C(=O)NC(CCC(N)=O)C(=O)NC(CO)C(=O)O. The summed E-state index contributed by atoms with van der Waals surface area (Å²) in [4.78, 5) is 46.0. The van der Waals surface area contributed by atoms with Crippen LogP contribution in [0.1, 0.15) is 32.1 Å². The minimum atomic E-state index is -1.53. The first kappa shape index (κ1) is 22.8. The first-order chi connectivity index (χ1) is 11.7. The number of carboxylic acids is 1. The number of unbranched alkanes of at least 4 members (excludes halogenated alkanes) is 1. The highest BCUT2D eigenvalue weighted by Gasteiger charge is 2.27. The van der Waals surface area contributed by atoms with Gasteiger partial charge in [-0.1, -0.05) is 6.42 Å². The highest BCUT2D eigenvalue weighted by molar-refractivity contribution is 5.92. The molecule has 0 rings (SSSR count). The van der Waals surface area contributed by atoms with Crippen LogP contribution < -0.4 is 27.8 Å².